The molecule has 0 bridgehead atoms. The molecule has 0 radical (unpaired) electrons. The molecule has 15 heteroatoms. The van der Waals surface area contributed by atoms with Gasteiger partial charge in [-0.15, -0.1) is 10.2 Å². The largest absolute Gasteiger partial charge is 0.476 e. The van der Waals surface area contributed by atoms with Crippen molar-refractivity contribution in [2.24, 2.45) is 0 Å². The molecule has 0 aliphatic rings. The topological polar surface area (TPSA) is 178 Å². The zero-order chi connectivity index (χ0) is 31.9. The minimum absolute atomic E-state index is 0.0242. The number of nitrogens with zero attached hydrogens (tertiary/aromatic N) is 7. The number of aryl methyl sites for hydroxylation is 1. The van der Waals surface area contributed by atoms with E-state index in [0.29, 0.717) is 23.4 Å². The average Bonchev–Trinajstić information content (AvgIpc) is 3.64. The number of benzene rings is 3. The van der Waals surface area contributed by atoms with Crippen LogP contribution in [0.1, 0.15) is 47.2 Å². The summed E-state index contributed by atoms with van der Waals surface area (Å²) in [5, 5.41) is 38.9. The maximum absolute atomic E-state index is 12.7. The molecule has 2 aromatic heterocycles. The lowest BCUT2D eigenvalue weighted by molar-refractivity contribution is -0.497. The number of carboxylic acid groups (broad SMARTS) is 1. The molecule has 0 saturated carbocycles. The Hall–Kier alpha value is -4.99. The third kappa shape index (κ3) is 7.57. The molecule has 14 nitrogen and oxygen atoms in total. The summed E-state index contributed by atoms with van der Waals surface area (Å²) in [6.45, 7) is 2.16. The molecule has 232 valence electrons. The number of hydrogen-bond acceptors (Lipinski definition) is 11. The fraction of sp³-hybridized carbons (Fsp3) is 0.200. The molecule has 3 N–H and O–H groups in total. The number of aromatic carboxylic acids is 1. The first-order valence-corrected chi connectivity index (χ1v) is 14.2. The van der Waals surface area contributed by atoms with Gasteiger partial charge in [-0.1, -0.05) is 90.4 Å². The summed E-state index contributed by atoms with van der Waals surface area (Å²) in [6.07, 6.45) is 1.51. The number of hydrogen-bond donors (Lipinski definition) is 3. The third-order valence-electron chi connectivity index (χ3n) is 6.76. The van der Waals surface area contributed by atoms with Crippen LogP contribution in [0.4, 0.5) is 4.79 Å². The highest BCUT2D eigenvalue weighted by Crippen LogP contribution is 2.30. The van der Waals surface area contributed by atoms with Gasteiger partial charge in [0, 0.05) is 18.5 Å². The van der Waals surface area contributed by atoms with E-state index < -0.39 is 17.5 Å². The highest BCUT2D eigenvalue weighted by molar-refractivity contribution is 6.32. The summed E-state index contributed by atoms with van der Waals surface area (Å²) in [4.78, 5) is 34.2. The van der Waals surface area contributed by atoms with E-state index in [2.05, 4.69) is 32.2 Å². The Balaban J connectivity index is 1.34. The van der Waals surface area contributed by atoms with E-state index in [1.807, 2.05) is 42.5 Å². The van der Waals surface area contributed by atoms with Gasteiger partial charge in [-0.25, -0.2) is 19.4 Å². The number of aromatic nitrogens is 6. The van der Waals surface area contributed by atoms with Gasteiger partial charge in [0.2, 0.25) is 5.82 Å². The van der Waals surface area contributed by atoms with Gasteiger partial charge in [-0.2, -0.15) is 0 Å². The van der Waals surface area contributed by atoms with Gasteiger partial charge in [-0.3, -0.25) is 10.4 Å². The van der Waals surface area contributed by atoms with Crippen LogP contribution in [0.2, 0.25) is 5.15 Å². The fourth-order valence-electron chi connectivity index (χ4n) is 4.64. The second-order valence-corrected chi connectivity index (χ2v) is 10.2. The lowest BCUT2D eigenvalue weighted by Crippen LogP contribution is -2.20. The van der Waals surface area contributed by atoms with Crippen LogP contribution in [0.5, 0.6) is 5.75 Å². The Kier molecular flexibility index (Phi) is 9.92. The number of imidazole rings is 1. The van der Waals surface area contributed by atoms with Crippen molar-refractivity contribution >= 4 is 23.7 Å². The number of carbonyl (C=O) groups excluding carboxylic acids is 1. The van der Waals surface area contributed by atoms with Gasteiger partial charge >= 0.3 is 12.1 Å². The number of tetrazole rings is 1. The number of ether oxygens (including phenoxy) is 1. The molecule has 0 spiro atoms. The first-order valence-electron chi connectivity index (χ1n) is 13.8. The first kappa shape index (κ1) is 31.4. The Labute approximate surface area is 261 Å². The molecule has 5 rings (SSSR count). The molecule has 0 saturated heterocycles. The van der Waals surface area contributed by atoms with E-state index in [1.165, 1.54) is 12.1 Å². The minimum Gasteiger partial charge on any atom is -0.476 e. The number of rotatable bonds is 12. The van der Waals surface area contributed by atoms with E-state index in [4.69, 9.17) is 26.8 Å². The summed E-state index contributed by atoms with van der Waals surface area (Å²) in [6, 6.07) is 21.2. The van der Waals surface area contributed by atoms with Crippen molar-refractivity contribution in [2.45, 2.75) is 39.3 Å². The number of carboxylic acids is 1. The van der Waals surface area contributed by atoms with Crippen molar-refractivity contribution < 1.29 is 34.7 Å². The van der Waals surface area contributed by atoms with E-state index in [-0.39, 0.29) is 35.6 Å². The average molecular weight is 634 g/mol. The first-order chi connectivity index (χ1) is 21.7. The SMILES string of the molecule is CCCCc1nc(Cl)c(C(=O)O)n1Cc1ccc(-c2ccccc2-c2nnn(C(=O)Oc3cccc(CON(O)O)c3)n2)cc1. The van der Waals surface area contributed by atoms with Crippen molar-refractivity contribution in [1.82, 2.24) is 35.1 Å². The molecule has 0 fully saturated rings. The predicted octanol–water partition coefficient (Wildman–Crippen LogP) is 5.51. The Morgan fingerprint density at radius 1 is 0.978 bits per heavy atom. The van der Waals surface area contributed by atoms with E-state index in [9.17, 15) is 14.7 Å². The van der Waals surface area contributed by atoms with Crippen LogP contribution >= 0.6 is 11.6 Å². The van der Waals surface area contributed by atoms with Gasteiger partial charge in [-0.05, 0) is 46.0 Å². The van der Waals surface area contributed by atoms with Gasteiger partial charge < -0.3 is 14.4 Å². The van der Waals surface area contributed by atoms with Gasteiger partial charge in [0.25, 0.3) is 0 Å². The van der Waals surface area contributed by atoms with Crippen LogP contribution in [0.25, 0.3) is 22.5 Å². The van der Waals surface area contributed by atoms with Crippen LogP contribution in [0.15, 0.2) is 72.8 Å². The Morgan fingerprint density at radius 2 is 1.73 bits per heavy atom. The minimum atomic E-state index is -1.13. The third-order valence-corrected chi connectivity index (χ3v) is 7.02. The second kappa shape index (κ2) is 14.2. The molecule has 3 aromatic carbocycles. The predicted molar refractivity (Wildman–Crippen MR) is 159 cm³/mol. The van der Waals surface area contributed by atoms with Crippen molar-refractivity contribution in [3.05, 3.63) is 101 Å². The summed E-state index contributed by atoms with van der Waals surface area (Å²) in [5.41, 5.74) is 3.58. The van der Waals surface area contributed by atoms with Crippen molar-refractivity contribution in [2.75, 3.05) is 0 Å². The van der Waals surface area contributed by atoms with Crippen LogP contribution in [-0.4, -0.2) is 62.7 Å². The Bertz CT molecular complexity index is 1800. The fourth-order valence-corrected chi connectivity index (χ4v) is 4.92. The molecule has 45 heavy (non-hydrogen) atoms. The molecule has 0 aliphatic carbocycles. The maximum atomic E-state index is 12.7. The highest BCUT2D eigenvalue weighted by atomic mass is 35.5. The highest BCUT2D eigenvalue weighted by Gasteiger charge is 2.22. The smallest absolute Gasteiger partial charge is 0.459 e. The quantitative estimate of drug-likeness (QED) is 0.147. The monoisotopic (exact) mass is 633 g/mol. The summed E-state index contributed by atoms with van der Waals surface area (Å²) >= 11 is 6.18. The van der Waals surface area contributed by atoms with Crippen LogP contribution in [-0.2, 0) is 24.4 Å². The number of halogens is 1. The number of carbonyl (C=O) groups is 2. The van der Waals surface area contributed by atoms with E-state index >= 15 is 0 Å². The molecular weight excluding hydrogens is 606 g/mol. The molecule has 0 amide bonds. The zero-order valence-corrected chi connectivity index (χ0v) is 24.7. The van der Waals surface area contributed by atoms with Crippen molar-refractivity contribution in [3.8, 4) is 28.3 Å². The van der Waals surface area contributed by atoms with Gasteiger partial charge in [0.15, 0.2) is 10.8 Å². The molecule has 2 heterocycles. The van der Waals surface area contributed by atoms with Crippen LogP contribution in [0, 0.1) is 0 Å². The van der Waals surface area contributed by atoms with Crippen LogP contribution < -0.4 is 4.74 Å². The standard InChI is InChI=1S/C30H28ClN7O7/c1-2-3-11-25-32-27(31)26(29(39)40)36(25)17-19-12-14-21(15-13-19)23-9-4-5-10-24(23)28-33-35-37(34-28)30(41)45-22-8-6-7-20(16-22)18-44-38(42)43/h4-10,12-16,42-43H,2-3,11,17-18H2,1H3,(H,39,40). The number of unbranched alkanes of at least 4 members (excludes halogenated alkanes) is 1. The maximum Gasteiger partial charge on any atom is 0.459 e. The summed E-state index contributed by atoms with van der Waals surface area (Å²) in [7, 11) is 0. The van der Waals surface area contributed by atoms with Gasteiger partial charge in [0.1, 0.15) is 11.6 Å². The van der Waals surface area contributed by atoms with E-state index in [0.717, 1.165) is 34.3 Å². The molecule has 5 aromatic rings. The van der Waals surface area contributed by atoms with E-state index in [1.54, 1.807) is 22.8 Å². The van der Waals surface area contributed by atoms with Crippen LogP contribution in [0.3, 0.4) is 0 Å². The molecule has 0 atom stereocenters. The molecular formula is C30H28ClN7O7. The van der Waals surface area contributed by atoms with Crippen molar-refractivity contribution in [3.63, 3.8) is 0 Å². The molecule has 0 unspecified atom stereocenters. The Morgan fingerprint density at radius 3 is 2.44 bits per heavy atom. The summed E-state index contributed by atoms with van der Waals surface area (Å²) < 4.78 is 6.99. The second-order valence-electron chi connectivity index (χ2n) is 9.85. The summed E-state index contributed by atoms with van der Waals surface area (Å²) in [5.74, 6) is -0.151. The zero-order valence-electron chi connectivity index (χ0n) is 23.9. The normalized spacial score (nSPS) is 11.2. The van der Waals surface area contributed by atoms with Gasteiger partial charge in [0.05, 0.1) is 12.0 Å². The van der Waals surface area contributed by atoms with Crippen molar-refractivity contribution in [1.29, 1.82) is 0 Å². The lowest BCUT2D eigenvalue weighted by atomic mass is 9.98. The lowest BCUT2D eigenvalue weighted by Gasteiger charge is -2.12. The molecule has 0 aliphatic heterocycles.